The number of nitrogens with zero attached hydrogens (tertiary/aromatic N) is 1. The first-order chi connectivity index (χ1) is 14.0. The Morgan fingerprint density at radius 2 is 1.72 bits per heavy atom. The van der Waals surface area contributed by atoms with Gasteiger partial charge in [0.05, 0.1) is 18.8 Å². The van der Waals surface area contributed by atoms with Crippen LogP contribution in [0, 0.1) is 0 Å². The molecule has 2 aromatic carbocycles. The topological polar surface area (TPSA) is 79.9 Å². The molecule has 2 N–H and O–H groups in total. The van der Waals surface area contributed by atoms with E-state index in [0.717, 1.165) is 13.0 Å². The minimum absolute atomic E-state index is 0.101. The second-order valence-electron chi connectivity index (χ2n) is 6.72. The molecule has 0 aromatic heterocycles. The number of rotatable bonds is 10. The standard InChI is InChI=1S/C22H29N3O4/c1-16(25(2)14-7-15-28-3)21(26)23-18-12-10-17(11-13-18)22(27)24-19-8-5-6-9-20(19)29-4/h5-6,8-13,16H,7,14-15H2,1-4H3,(H,23,26)(H,24,27). The molecule has 2 amide bonds. The first-order valence-electron chi connectivity index (χ1n) is 9.50. The van der Waals surface area contributed by atoms with Gasteiger partial charge in [-0.25, -0.2) is 0 Å². The molecule has 29 heavy (non-hydrogen) atoms. The van der Waals surface area contributed by atoms with Crippen molar-refractivity contribution in [3.05, 3.63) is 54.1 Å². The fourth-order valence-electron chi connectivity index (χ4n) is 2.75. The van der Waals surface area contributed by atoms with Crippen molar-refractivity contribution < 1.29 is 19.1 Å². The minimum atomic E-state index is -0.277. The summed E-state index contributed by atoms with van der Waals surface area (Å²) in [5, 5.41) is 5.71. The van der Waals surface area contributed by atoms with Gasteiger partial charge in [0.1, 0.15) is 5.75 Å². The Morgan fingerprint density at radius 1 is 1.03 bits per heavy atom. The zero-order chi connectivity index (χ0) is 21.2. The van der Waals surface area contributed by atoms with Crippen LogP contribution >= 0.6 is 0 Å². The molecule has 0 heterocycles. The highest BCUT2D eigenvalue weighted by Gasteiger charge is 2.18. The third-order valence-corrected chi connectivity index (χ3v) is 4.67. The number of carbonyl (C=O) groups is 2. The number of para-hydroxylation sites is 2. The average Bonchev–Trinajstić information content (AvgIpc) is 2.74. The molecule has 1 atom stereocenters. The minimum Gasteiger partial charge on any atom is -0.495 e. The summed E-state index contributed by atoms with van der Waals surface area (Å²) in [6.07, 6.45) is 0.862. The summed E-state index contributed by atoms with van der Waals surface area (Å²) in [5.74, 6) is 0.239. The Hall–Kier alpha value is -2.90. The Morgan fingerprint density at radius 3 is 2.38 bits per heavy atom. The number of carbonyl (C=O) groups excluding carboxylic acids is 2. The molecule has 0 bridgehead atoms. The number of anilines is 2. The van der Waals surface area contributed by atoms with Gasteiger partial charge in [0, 0.05) is 31.5 Å². The molecule has 0 saturated heterocycles. The Bertz CT molecular complexity index is 808. The monoisotopic (exact) mass is 399 g/mol. The van der Waals surface area contributed by atoms with E-state index >= 15 is 0 Å². The van der Waals surface area contributed by atoms with Crippen LogP contribution in [0.15, 0.2) is 48.5 Å². The zero-order valence-electron chi connectivity index (χ0n) is 17.4. The molecule has 0 fully saturated rings. The van der Waals surface area contributed by atoms with Gasteiger partial charge in [-0.3, -0.25) is 14.5 Å². The number of benzene rings is 2. The van der Waals surface area contributed by atoms with E-state index in [1.165, 1.54) is 0 Å². The summed E-state index contributed by atoms with van der Waals surface area (Å²) in [6, 6.07) is 13.7. The zero-order valence-corrected chi connectivity index (χ0v) is 17.4. The van der Waals surface area contributed by atoms with Crippen LogP contribution in [0.3, 0.4) is 0 Å². The van der Waals surface area contributed by atoms with Gasteiger partial charge in [-0.05, 0) is 56.8 Å². The molecular formula is C22H29N3O4. The van der Waals surface area contributed by atoms with Crippen molar-refractivity contribution in [3.8, 4) is 5.75 Å². The Balaban J connectivity index is 1.93. The predicted molar refractivity (Wildman–Crippen MR) is 115 cm³/mol. The van der Waals surface area contributed by atoms with Crippen LogP contribution in [0.5, 0.6) is 5.75 Å². The van der Waals surface area contributed by atoms with Gasteiger partial charge >= 0.3 is 0 Å². The number of amides is 2. The normalized spacial score (nSPS) is 11.8. The molecule has 0 aliphatic heterocycles. The van der Waals surface area contributed by atoms with Gasteiger partial charge < -0.3 is 20.1 Å². The van der Waals surface area contributed by atoms with E-state index in [0.29, 0.717) is 29.3 Å². The lowest BCUT2D eigenvalue weighted by Crippen LogP contribution is -2.40. The molecule has 7 nitrogen and oxygen atoms in total. The van der Waals surface area contributed by atoms with Gasteiger partial charge in [-0.15, -0.1) is 0 Å². The van der Waals surface area contributed by atoms with Crippen molar-refractivity contribution >= 4 is 23.2 Å². The molecule has 0 saturated carbocycles. The van der Waals surface area contributed by atoms with E-state index in [2.05, 4.69) is 10.6 Å². The first-order valence-corrected chi connectivity index (χ1v) is 9.50. The quantitative estimate of drug-likeness (QED) is 0.600. The summed E-state index contributed by atoms with van der Waals surface area (Å²) < 4.78 is 10.3. The highest BCUT2D eigenvalue weighted by Crippen LogP contribution is 2.23. The van der Waals surface area contributed by atoms with Crippen molar-refractivity contribution in [3.63, 3.8) is 0 Å². The van der Waals surface area contributed by atoms with Crippen LogP contribution in [0.1, 0.15) is 23.7 Å². The molecule has 0 spiro atoms. The molecule has 156 valence electrons. The molecule has 0 aliphatic carbocycles. The fourth-order valence-corrected chi connectivity index (χ4v) is 2.75. The maximum absolute atomic E-state index is 12.5. The smallest absolute Gasteiger partial charge is 0.255 e. The number of likely N-dealkylation sites (N-methyl/N-ethyl adjacent to an activating group) is 1. The average molecular weight is 399 g/mol. The Labute approximate surface area is 172 Å². The summed E-state index contributed by atoms with van der Waals surface area (Å²) >= 11 is 0. The van der Waals surface area contributed by atoms with E-state index in [1.54, 1.807) is 50.6 Å². The van der Waals surface area contributed by atoms with Crippen molar-refractivity contribution in [2.45, 2.75) is 19.4 Å². The second kappa shape index (κ2) is 11.2. The second-order valence-corrected chi connectivity index (χ2v) is 6.72. The number of ether oxygens (including phenoxy) is 2. The fraction of sp³-hybridized carbons (Fsp3) is 0.364. The number of methoxy groups -OCH3 is 2. The van der Waals surface area contributed by atoms with Crippen molar-refractivity contribution in [1.82, 2.24) is 4.90 Å². The highest BCUT2D eigenvalue weighted by atomic mass is 16.5. The van der Waals surface area contributed by atoms with Crippen LogP contribution in [0.25, 0.3) is 0 Å². The van der Waals surface area contributed by atoms with E-state index < -0.39 is 0 Å². The summed E-state index contributed by atoms with van der Waals surface area (Å²) in [6.45, 7) is 3.29. The number of hydrogen-bond acceptors (Lipinski definition) is 5. The summed E-state index contributed by atoms with van der Waals surface area (Å²) in [7, 11) is 5.13. The van der Waals surface area contributed by atoms with Gasteiger partial charge in [0.15, 0.2) is 0 Å². The molecule has 1 unspecified atom stereocenters. The van der Waals surface area contributed by atoms with Gasteiger partial charge in [-0.2, -0.15) is 0 Å². The van der Waals surface area contributed by atoms with Crippen LogP contribution < -0.4 is 15.4 Å². The van der Waals surface area contributed by atoms with Crippen LogP contribution in [0.2, 0.25) is 0 Å². The van der Waals surface area contributed by atoms with Crippen molar-refractivity contribution in [2.24, 2.45) is 0 Å². The summed E-state index contributed by atoms with van der Waals surface area (Å²) in [4.78, 5) is 26.9. The lowest BCUT2D eigenvalue weighted by atomic mass is 10.1. The third-order valence-electron chi connectivity index (χ3n) is 4.67. The number of nitrogens with one attached hydrogen (secondary N) is 2. The van der Waals surface area contributed by atoms with Gasteiger partial charge in [-0.1, -0.05) is 12.1 Å². The van der Waals surface area contributed by atoms with E-state index in [4.69, 9.17) is 9.47 Å². The van der Waals surface area contributed by atoms with E-state index in [-0.39, 0.29) is 17.9 Å². The maximum Gasteiger partial charge on any atom is 0.255 e. The van der Waals surface area contributed by atoms with Crippen LogP contribution in [0.4, 0.5) is 11.4 Å². The summed E-state index contributed by atoms with van der Waals surface area (Å²) in [5.41, 5.74) is 1.72. The van der Waals surface area contributed by atoms with Gasteiger partial charge in [0.25, 0.3) is 5.91 Å². The molecule has 0 aliphatic rings. The SMILES string of the molecule is COCCCN(C)C(C)C(=O)Nc1ccc(C(=O)Nc2ccccc2OC)cc1. The Kier molecular flexibility index (Phi) is 8.64. The van der Waals surface area contributed by atoms with Crippen LogP contribution in [-0.4, -0.2) is 57.2 Å². The molecule has 2 rings (SSSR count). The number of hydrogen-bond donors (Lipinski definition) is 2. The largest absolute Gasteiger partial charge is 0.495 e. The van der Waals surface area contributed by atoms with E-state index in [9.17, 15) is 9.59 Å². The lowest BCUT2D eigenvalue weighted by Gasteiger charge is -2.23. The highest BCUT2D eigenvalue weighted by molar-refractivity contribution is 6.05. The first kappa shape index (κ1) is 22.4. The molecule has 0 radical (unpaired) electrons. The maximum atomic E-state index is 12.5. The molecule has 2 aromatic rings. The van der Waals surface area contributed by atoms with Crippen molar-refractivity contribution in [1.29, 1.82) is 0 Å². The van der Waals surface area contributed by atoms with Gasteiger partial charge in [0.2, 0.25) is 5.91 Å². The lowest BCUT2D eigenvalue weighted by molar-refractivity contribution is -0.120. The molecule has 7 heteroatoms. The predicted octanol–water partition coefficient (Wildman–Crippen LogP) is 3.24. The molecular weight excluding hydrogens is 370 g/mol. The van der Waals surface area contributed by atoms with Crippen molar-refractivity contribution in [2.75, 3.05) is 45.1 Å². The van der Waals surface area contributed by atoms with Crippen LogP contribution in [-0.2, 0) is 9.53 Å². The third kappa shape index (κ3) is 6.58. The van der Waals surface area contributed by atoms with E-state index in [1.807, 2.05) is 31.0 Å².